The predicted molar refractivity (Wildman–Crippen MR) is 68.1 cm³/mol. The molecule has 1 aromatic carbocycles. The minimum Gasteiger partial charge on any atom is -0.507 e. The second-order valence-electron chi connectivity index (χ2n) is 4.13. The van der Waals surface area contributed by atoms with Gasteiger partial charge >= 0.3 is 5.97 Å². The molecule has 0 heterocycles. The van der Waals surface area contributed by atoms with E-state index in [1.54, 1.807) is 0 Å². The van der Waals surface area contributed by atoms with Crippen molar-refractivity contribution < 1.29 is 28.9 Å². The highest BCUT2D eigenvalue weighted by Gasteiger charge is 2.23. The van der Waals surface area contributed by atoms with Gasteiger partial charge in [-0.05, 0) is 25.0 Å². The number of carbonyl (C=O) groups is 2. The molecule has 1 amide bonds. The number of aliphatic carboxylic acids is 1. The lowest BCUT2D eigenvalue weighted by molar-refractivity contribution is -0.139. The molecular formula is C13H16FNO5. The molecule has 0 radical (unpaired) electrons. The van der Waals surface area contributed by atoms with Crippen LogP contribution in [0.2, 0.25) is 0 Å². The largest absolute Gasteiger partial charge is 0.507 e. The number of aromatic hydroxyl groups is 1. The number of methoxy groups -OCH3 is 1. The molecule has 0 saturated heterocycles. The van der Waals surface area contributed by atoms with Gasteiger partial charge in [0.25, 0.3) is 5.91 Å². The molecule has 0 fully saturated rings. The molecule has 0 saturated carbocycles. The highest BCUT2D eigenvalue weighted by atomic mass is 19.1. The summed E-state index contributed by atoms with van der Waals surface area (Å²) in [4.78, 5) is 22.8. The Kier molecular flexibility index (Phi) is 5.92. The molecule has 3 N–H and O–H groups in total. The zero-order valence-corrected chi connectivity index (χ0v) is 10.9. The maximum absolute atomic E-state index is 13.5. The molecule has 0 aliphatic heterocycles. The second kappa shape index (κ2) is 7.44. The number of rotatable bonds is 7. The molecule has 1 unspecified atom stereocenters. The summed E-state index contributed by atoms with van der Waals surface area (Å²) in [5, 5.41) is 20.6. The van der Waals surface area contributed by atoms with E-state index in [9.17, 15) is 19.1 Å². The van der Waals surface area contributed by atoms with Gasteiger partial charge in [-0.25, -0.2) is 9.18 Å². The van der Waals surface area contributed by atoms with E-state index in [2.05, 4.69) is 5.32 Å². The zero-order valence-electron chi connectivity index (χ0n) is 10.9. The van der Waals surface area contributed by atoms with Gasteiger partial charge < -0.3 is 20.3 Å². The zero-order chi connectivity index (χ0) is 15.1. The van der Waals surface area contributed by atoms with E-state index in [-0.39, 0.29) is 6.42 Å². The van der Waals surface area contributed by atoms with Crippen LogP contribution in [0.15, 0.2) is 18.2 Å². The van der Waals surface area contributed by atoms with Gasteiger partial charge in [0, 0.05) is 13.7 Å². The van der Waals surface area contributed by atoms with Gasteiger partial charge in [-0.1, -0.05) is 6.07 Å². The van der Waals surface area contributed by atoms with Gasteiger partial charge in [-0.15, -0.1) is 0 Å². The number of carbonyl (C=O) groups excluding carboxylic acids is 1. The molecule has 0 bridgehead atoms. The fourth-order valence-corrected chi connectivity index (χ4v) is 1.66. The van der Waals surface area contributed by atoms with Crippen molar-refractivity contribution in [3.05, 3.63) is 29.6 Å². The lowest BCUT2D eigenvalue weighted by Crippen LogP contribution is -2.41. The Labute approximate surface area is 115 Å². The minimum atomic E-state index is -1.23. The van der Waals surface area contributed by atoms with Crippen LogP contribution in [0.3, 0.4) is 0 Å². The first-order valence-electron chi connectivity index (χ1n) is 5.97. The molecule has 0 aliphatic carbocycles. The molecule has 110 valence electrons. The van der Waals surface area contributed by atoms with Gasteiger partial charge in [-0.2, -0.15) is 0 Å². The monoisotopic (exact) mass is 285 g/mol. The van der Waals surface area contributed by atoms with Crippen LogP contribution in [0.4, 0.5) is 4.39 Å². The summed E-state index contributed by atoms with van der Waals surface area (Å²) >= 11 is 0. The molecule has 0 spiro atoms. The second-order valence-corrected chi connectivity index (χ2v) is 4.13. The fraction of sp³-hybridized carbons (Fsp3) is 0.385. The van der Waals surface area contributed by atoms with Gasteiger partial charge in [0.05, 0.1) is 0 Å². The van der Waals surface area contributed by atoms with Crippen molar-refractivity contribution in [1.82, 2.24) is 5.32 Å². The number of nitrogens with one attached hydrogen (secondary N) is 1. The Balaban J connectivity index is 2.78. The molecule has 1 atom stereocenters. The normalized spacial score (nSPS) is 11.9. The summed E-state index contributed by atoms with van der Waals surface area (Å²) in [6.07, 6.45) is 0.571. The van der Waals surface area contributed by atoms with E-state index in [0.717, 1.165) is 12.1 Å². The van der Waals surface area contributed by atoms with Crippen LogP contribution in [0, 0.1) is 5.82 Å². The van der Waals surface area contributed by atoms with Crippen molar-refractivity contribution >= 4 is 11.9 Å². The maximum Gasteiger partial charge on any atom is 0.326 e. The number of amides is 1. The van der Waals surface area contributed by atoms with E-state index in [1.165, 1.54) is 13.2 Å². The Morgan fingerprint density at radius 2 is 2.15 bits per heavy atom. The summed E-state index contributed by atoms with van der Waals surface area (Å²) in [7, 11) is 1.48. The Morgan fingerprint density at radius 3 is 2.70 bits per heavy atom. The van der Waals surface area contributed by atoms with Crippen LogP contribution < -0.4 is 5.32 Å². The van der Waals surface area contributed by atoms with Crippen molar-refractivity contribution in [3.63, 3.8) is 0 Å². The first-order valence-corrected chi connectivity index (χ1v) is 5.97. The molecule has 1 rings (SSSR count). The Bertz CT molecular complexity index is 471. The number of carboxylic acids is 1. The summed E-state index contributed by atoms with van der Waals surface area (Å²) in [6, 6.07) is 2.24. The topological polar surface area (TPSA) is 95.9 Å². The summed E-state index contributed by atoms with van der Waals surface area (Å²) in [5.74, 6) is -3.65. The quantitative estimate of drug-likeness (QED) is 0.653. The van der Waals surface area contributed by atoms with Crippen LogP contribution in [0.5, 0.6) is 5.75 Å². The standard InChI is InChI=1S/C13H16FNO5/c1-20-7-3-5-9(13(18)19)15-12(17)11-8(14)4-2-6-10(11)16/h2,4,6,9,16H,3,5,7H2,1H3,(H,15,17)(H,18,19). The van der Waals surface area contributed by atoms with Crippen LogP contribution in [0.1, 0.15) is 23.2 Å². The number of carboxylic acid groups (broad SMARTS) is 1. The van der Waals surface area contributed by atoms with Crippen molar-refractivity contribution in [1.29, 1.82) is 0 Å². The number of benzene rings is 1. The van der Waals surface area contributed by atoms with Gasteiger partial charge in [-0.3, -0.25) is 4.79 Å². The summed E-state index contributed by atoms with van der Waals surface area (Å²) < 4.78 is 18.3. The lowest BCUT2D eigenvalue weighted by Gasteiger charge is -2.15. The van der Waals surface area contributed by atoms with Gasteiger partial charge in [0.2, 0.25) is 0 Å². The molecule has 1 aromatic rings. The van der Waals surface area contributed by atoms with Crippen LogP contribution in [-0.4, -0.2) is 41.8 Å². The first kappa shape index (κ1) is 15.9. The average molecular weight is 285 g/mol. The lowest BCUT2D eigenvalue weighted by atomic mass is 10.1. The van der Waals surface area contributed by atoms with Crippen LogP contribution >= 0.6 is 0 Å². The molecule has 7 heteroatoms. The third kappa shape index (κ3) is 4.20. The molecule has 0 aromatic heterocycles. The van der Waals surface area contributed by atoms with Gasteiger partial charge in [0.15, 0.2) is 0 Å². The van der Waals surface area contributed by atoms with E-state index in [0.29, 0.717) is 13.0 Å². The highest BCUT2D eigenvalue weighted by molar-refractivity contribution is 5.99. The number of phenolic OH excluding ortho intramolecular Hbond substituents is 1. The average Bonchev–Trinajstić information content (AvgIpc) is 2.37. The number of hydrogen-bond acceptors (Lipinski definition) is 4. The number of hydrogen-bond donors (Lipinski definition) is 3. The van der Waals surface area contributed by atoms with Crippen LogP contribution in [-0.2, 0) is 9.53 Å². The first-order chi connectivity index (χ1) is 9.47. The molecular weight excluding hydrogens is 269 g/mol. The third-order valence-corrected chi connectivity index (χ3v) is 2.66. The number of halogens is 1. The van der Waals surface area contributed by atoms with E-state index in [4.69, 9.17) is 9.84 Å². The Morgan fingerprint density at radius 1 is 1.45 bits per heavy atom. The highest BCUT2D eigenvalue weighted by Crippen LogP contribution is 2.19. The van der Waals surface area contributed by atoms with E-state index in [1.807, 2.05) is 0 Å². The molecule has 0 aliphatic rings. The van der Waals surface area contributed by atoms with E-state index >= 15 is 0 Å². The molecule has 20 heavy (non-hydrogen) atoms. The maximum atomic E-state index is 13.5. The van der Waals surface area contributed by atoms with Crippen molar-refractivity contribution in [2.75, 3.05) is 13.7 Å². The van der Waals surface area contributed by atoms with E-state index < -0.39 is 35.0 Å². The fourth-order valence-electron chi connectivity index (χ4n) is 1.66. The number of ether oxygens (including phenoxy) is 1. The SMILES string of the molecule is COCCCC(NC(=O)c1c(O)cccc1F)C(=O)O. The van der Waals surface area contributed by atoms with Gasteiger partial charge in [0.1, 0.15) is 23.2 Å². The third-order valence-electron chi connectivity index (χ3n) is 2.66. The van der Waals surface area contributed by atoms with Crippen molar-refractivity contribution in [2.24, 2.45) is 0 Å². The van der Waals surface area contributed by atoms with Crippen LogP contribution in [0.25, 0.3) is 0 Å². The van der Waals surface area contributed by atoms with Crippen molar-refractivity contribution in [3.8, 4) is 5.75 Å². The summed E-state index contributed by atoms with van der Waals surface area (Å²) in [5.41, 5.74) is -0.564. The number of phenols is 1. The molecule has 6 nitrogen and oxygen atoms in total. The smallest absolute Gasteiger partial charge is 0.326 e. The van der Waals surface area contributed by atoms with Crippen molar-refractivity contribution in [2.45, 2.75) is 18.9 Å². The minimum absolute atomic E-state index is 0.143. The predicted octanol–water partition coefficient (Wildman–Crippen LogP) is 1.14. The summed E-state index contributed by atoms with van der Waals surface area (Å²) in [6.45, 7) is 0.352. The Hall–Kier alpha value is -2.15.